The van der Waals surface area contributed by atoms with E-state index in [1.54, 1.807) is 0 Å². The molecule has 0 aromatic heterocycles. The lowest BCUT2D eigenvalue weighted by Gasteiger charge is -2.36. The summed E-state index contributed by atoms with van der Waals surface area (Å²) in [5, 5.41) is 0. The molecular weight excluding hydrogens is 324 g/mol. The van der Waals surface area contributed by atoms with Crippen molar-refractivity contribution in [2.75, 3.05) is 0 Å². The summed E-state index contributed by atoms with van der Waals surface area (Å²) < 4.78 is 0. The fourth-order valence-corrected chi connectivity index (χ4v) is 5.19. The quantitative estimate of drug-likeness (QED) is 0.357. The van der Waals surface area contributed by atoms with E-state index in [9.17, 15) is 0 Å². The first-order valence-electron chi connectivity index (χ1n) is 11.8. The van der Waals surface area contributed by atoms with Crippen molar-refractivity contribution in [3.05, 3.63) is 35.4 Å². The highest BCUT2D eigenvalue weighted by atomic mass is 14.3. The van der Waals surface area contributed by atoms with Gasteiger partial charge in [-0.15, -0.1) is 0 Å². The Kier molecular flexibility index (Phi) is 8.32. The largest absolute Gasteiger partial charge is 0.0945 e. The van der Waals surface area contributed by atoms with Crippen LogP contribution in [0.15, 0.2) is 24.3 Å². The Morgan fingerprint density at radius 1 is 0.778 bits per heavy atom. The summed E-state index contributed by atoms with van der Waals surface area (Å²) in [6, 6.07) is 9.04. The molecule has 0 bridgehead atoms. The standard InChI is InChI=1S/C27H40/c1-3-4-5-6-7-23-10-12-24(13-11-23)14-15-25-16-20-27(21-17-25)26-18-8-22(2)9-19-26/h10-13,22,25-27H,3-9,16-21H2,1-2H3/t22-,25?,26-,27?. The molecule has 0 heterocycles. The summed E-state index contributed by atoms with van der Waals surface area (Å²) in [6.07, 6.45) is 18.0. The highest BCUT2D eigenvalue weighted by molar-refractivity contribution is 5.36. The van der Waals surface area contributed by atoms with Crippen LogP contribution in [-0.2, 0) is 6.42 Å². The molecule has 2 aliphatic rings. The van der Waals surface area contributed by atoms with Gasteiger partial charge in [0.1, 0.15) is 0 Å². The van der Waals surface area contributed by atoms with Crippen molar-refractivity contribution >= 4 is 0 Å². The predicted octanol–water partition coefficient (Wildman–Crippen LogP) is 7.79. The summed E-state index contributed by atoms with van der Waals surface area (Å²) in [6.45, 7) is 4.71. The molecule has 2 aliphatic carbocycles. The molecule has 0 heteroatoms. The van der Waals surface area contributed by atoms with Crippen LogP contribution >= 0.6 is 0 Å². The zero-order valence-electron chi connectivity index (χ0n) is 17.8. The fraction of sp³-hybridized carbons (Fsp3) is 0.704. The average molecular weight is 365 g/mol. The highest BCUT2D eigenvalue weighted by Crippen LogP contribution is 2.41. The van der Waals surface area contributed by atoms with E-state index in [4.69, 9.17) is 0 Å². The summed E-state index contributed by atoms with van der Waals surface area (Å²) in [4.78, 5) is 0. The molecule has 2 fully saturated rings. The Balaban J connectivity index is 1.41. The molecule has 1 aromatic rings. The number of hydrogen-bond acceptors (Lipinski definition) is 0. The average Bonchev–Trinajstić information content (AvgIpc) is 2.72. The normalized spacial score (nSPS) is 28.4. The monoisotopic (exact) mass is 364 g/mol. The van der Waals surface area contributed by atoms with E-state index in [1.807, 2.05) is 0 Å². The van der Waals surface area contributed by atoms with Crippen LogP contribution in [-0.4, -0.2) is 0 Å². The molecule has 0 atom stereocenters. The van der Waals surface area contributed by atoms with E-state index in [0.29, 0.717) is 5.92 Å². The third kappa shape index (κ3) is 6.71. The Bertz CT molecular complexity index is 583. The van der Waals surface area contributed by atoms with Crippen LogP contribution in [0.1, 0.15) is 102 Å². The topological polar surface area (TPSA) is 0 Å². The van der Waals surface area contributed by atoms with E-state index in [2.05, 4.69) is 50.0 Å². The van der Waals surface area contributed by atoms with Crippen molar-refractivity contribution in [1.82, 2.24) is 0 Å². The Labute approximate surface area is 168 Å². The number of rotatable bonds is 6. The minimum atomic E-state index is 0.637. The molecule has 27 heavy (non-hydrogen) atoms. The van der Waals surface area contributed by atoms with Crippen LogP contribution in [0.2, 0.25) is 0 Å². The first-order valence-corrected chi connectivity index (χ1v) is 11.8. The lowest BCUT2D eigenvalue weighted by Crippen LogP contribution is -2.24. The molecule has 2 saturated carbocycles. The first-order chi connectivity index (χ1) is 13.2. The highest BCUT2D eigenvalue weighted by Gasteiger charge is 2.29. The van der Waals surface area contributed by atoms with Gasteiger partial charge in [-0.2, -0.15) is 0 Å². The molecule has 0 radical (unpaired) electrons. The summed E-state index contributed by atoms with van der Waals surface area (Å²) >= 11 is 0. The van der Waals surface area contributed by atoms with E-state index in [1.165, 1.54) is 94.6 Å². The van der Waals surface area contributed by atoms with Gasteiger partial charge in [-0.3, -0.25) is 0 Å². The SMILES string of the molecule is CCCCCCc1ccc(C#CC2CCC([C@H]3CC[C@H](C)CC3)CC2)cc1. The molecule has 0 N–H and O–H groups in total. The van der Waals surface area contributed by atoms with Gasteiger partial charge in [-0.05, 0) is 86.8 Å². The first kappa shape index (κ1) is 20.5. The second-order valence-corrected chi connectivity index (χ2v) is 9.41. The van der Waals surface area contributed by atoms with Crippen LogP contribution in [0, 0.1) is 35.5 Å². The van der Waals surface area contributed by atoms with Gasteiger partial charge in [0.15, 0.2) is 0 Å². The minimum Gasteiger partial charge on any atom is -0.0945 e. The van der Waals surface area contributed by atoms with Gasteiger partial charge >= 0.3 is 0 Å². The maximum atomic E-state index is 3.60. The second-order valence-electron chi connectivity index (χ2n) is 9.41. The van der Waals surface area contributed by atoms with Crippen molar-refractivity contribution in [1.29, 1.82) is 0 Å². The van der Waals surface area contributed by atoms with Gasteiger partial charge in [0, 0.05) is 11.5 Å². The van der Waals surface area contributed by atoms with Gasteiger partial charge in [0.05, 0.1) is 0 Å². The smallest absolute Gasteiger partial charge is 0.0245 e. The van der Waals surface area contributed by atoms with Crippen LogP contribution < -0.4 is 0 Å². The van der Waals surface area contributed by atoms with Gasteiger partial charge in [-0.25, -0.2) is 0 Å². The maximum absolute atomic E-state index is 3.60. The summed E-state index contributed by atoms with van der Waals surface area (Å²) in [5.74, 6) is 10.7. The number of unbranched alkanes of at least 4 members (excludes halogenated alkanes) is 3. The van der Waals surface area contributed by atoms with Gasteiger partial charge in [-0.1, -0.05) is 69.9 Å². The Morgan fingerprint density at radius 2 is 1.41 bits per heavy atom. The lowest BCUT2D eigenvalue weighted by atomic mass is 9.69. The Morgan fingerprint density at radius 3 is 2.04 bits per heavy atom. The molecule has 0 aliphatic heterocycles. The van der Waals surface area contributed by atoms with Gasteiger partial charge in [0.2, 0.25) is 0 Å². The molecule has 148 valence electrons. The minimum absolute atomic E-state index is 0.637. The van der Waals surface area contributed by atoms with Gasteiger partial charge in [0.25, 0.3) is 0 Å². The lowest BCUT2D eigenvalue weighted by molar-refractivity contribution is 0.162. The fourth-order valence-electron chi connectivity index (χ4n) is 5.19. The van der Waals surface area contributed by atoms with Gasteiger partial charge < -0.3 is 0 Å². The maximum Gasteiger partial charge on any atom is 0.0245 e. The number of hydrogen-bond donors (Lipinski definition) is 0. The van der Waals surface area contributed by atoms with Crippen molar-refractivity contribution in [3.8, 4) is 11.8 Å². The molecule has 1 aromatic carbocycles. The molecule has 0 saturated heterocycles. The van der Waals surface area contributed by atoms with Crippen molar-refractivity contribution < 1.29 is 0 Å². The van der Waals surface area contributed by atoms with Crippen molar-refractivity contribution in [2.24, 2.45) is 23.7 Å². The van der Waals surface area contributed by atoms with Crippen LogP contribution in [0.3, 0.4) is 0 Å². The zero-order chi connectivity index (χ0) is 18.9. The molecular formula is C27H40. The van der Waals surface area contributed by atoms with E-state index in [-0.39, 0.29) is 0 Å². The third-order valence-corrected chi connectivity index (χ3v) is 7.19. The number of aryl methyl sites for hydroxylation is 1. The summed E-state index contributed by atoms with van der Waals surface area (Å²) in [5.41, 5.74) is 2.68. The van der Waals surface area contributed by atoms with Crippen LogP contribution in [0.5, 0.6) is 0 Å². The molecule has 0 unspecified atom stereocenters. The molecule has 0 amide bonds. The van der Waals surface area contributed by atoms with E-state index >= 15 is 0 Å². The van der Waals surface area contributed by atoms with Crippen molar-refractivity contribution in [3.63, 3.8) is 0 Å². The van der Waals surface area contributed by atoms with E-state index < -0.39 is 0 Å². The van der Waals surface area contributed by atoms with Crippen LogP contribution in [0.4, 0.5) is 0 Å². The third-order valence-electron chi connectivity index (χ3n) is 7.19. The van der Waals surface area contributed by atoms with Crippen molar-refractivity contribution in [2.45, 2.75) is 97.3 Å². The summed E-state index contributed by atoms with van der Waals surface area (Å²) in [7, 11) is 0. The van der Waals surface area contributed by atoms with Crippen LogP contribution in [0.25, 0.3) is 0 Å². The number of benzene rings is 1. The predicted molar refractivity (Wildman–Crippen MR) is 118 cm³/mol. The molecule has 0 spiro atoms. The Hall–Kier alpha value is -1.22. The molecule has 0 nitrogen and oxygen atoms in total. The molecule has 3 rings (SSSR count). The second kappa shape index (κ2) is 10.9. The zero-order valence-corrected chi connectivity index (χ0v) is 17.8. The van der Waals surface area contributed by atoms with E-state index in [0.717, 1.165) is 17.8 Å².